The van der Waals surface area contributed by atoms with Gasteiger partial charge in [-0.2, -0.15) is 0 Å². The summed E-state index contributed by atoms with van der Waals surface area (Å²) in [4.78, 5) is 18.0. The number of urea groups is 1. The lowest BCUT2D eigenvalue weighted by atomic mass is 9.80. The summed E-state index contributed by atoms with van der Waals surface area (Å²) in [6, 6.07) is 0.386. The van der Waals surface area contributed by atoms with E-state index in [9.17, 15) is 4.79 Å². The van der Waals surface area contributed by atoms with E-state index in [2.05, 4.69) is 10.3 Å². The summed E-state index contributed by atoms with van der Waals surface area (Å²) in [6.07, 6.45) is 4.92. The number of rotatable bonds is 1. The first-order valence-electron chi connectivity index (χ1n) is 4.91. The number of piperidine rings is 2. The standard InChI is InChI=1S/C9H16N2O2/c1-13-10-9(12)11-6-7-2-4-8(11)5-3-7/h7-8H,2-6H2,1H3,(H,10,12). The molecule has 3 rings (SSSR count). The molecule has 3 aliphatic rings. The molecule has 0 atom stereocenters. The summed E-state index contributed by atoms with van der Waals surface area (Å²) >= 11 is 0. The Balaban J connectivity index is 1.96. The van der Waals surface area contributed by atoms with Gasteiger partial charge in [-0.25, -0.2) is 10.3 Å². The van der Waals surface area contributed by atoms with Crippen LogP contribution in [0.25, 0.3) is 0 Å². The zero-order valence-electron chi connectivity index (χ0n) is 7.95. The number of fused-ring (bicyclic) bond motifs is 3. The number of hydrogen-bond donors (Lipinski definition) is 1. The molecule has 74 valence electrons. The van der Waals surface area contributed by atoms with Gasteiger partial charge in [-0.3, -0.25) is 4.84 Å². The molecule has 13 heavy (non-hydrogen) atoms. The van der Waals surface area contributed by atoms with Crippen LogP contribution >= 0.6 is 0 Å². The average Bonchev–Trinajstić information content (AvgIpc) is 2.20. The molecule has 0 spiro atoms. The minimum atomic E-state index is -0.0723. The number of amides is 2. The topological polar surface area (TPSA) is 41.6 Å². The van der Waals surface area contributed by atoms with Crippen LogP contribution in [0.1, 0.15) is 25.7 Å². The van der Waals surface area contributed by atoms with E-state index in [0.29, 0.717) is 6.04 Å². The molecule has 2 bridgehead atoms. The van der Waals surface area contributed by atoms with Crippen LogP contribution in [-0.4, -0.2) is 30.6 Å². The smallest absolute Gasteiger partial charge is 0.320 e. The lowest BCUT2D eigenvalue weighted by molar-refractivity contribution is 0.0375. The molecule has 3 fully saturated rings. The first-order chi connectivity index (χ1) is 6.31. The minimum Gasteiger partial charge on any atom is -0.320 e. The fraction of sp³-hybridized carbons (Fsp3) is 0.889. The van der Waals surface area contributed by atoms with E-state index in [0.717, 1.165) is 12.5 Å². The first kappa shape index (κ1) is 8.81. The van der Waals surface area contributed by atoms with Crippen LogP contribution in [0.2, 0.25) is 0 Å². The zero-order chi connectivity index (χ0) is 9.26. The molecule has 2 aliphatic heterocycles. The molecule has 2 amide bonds. The maximum absolute atomic E-state index is 11.5. The number of carbonyl (C=O) groups excluding carboxylic acids is 1. The van der Waals surface area contributed by atoms with Gasteiger partial charge in [0, 0.05) is 12.6 Å². The number of carbonyl (C=O) groups is 1. The van der Waals surface area contributed by atoms with Crippen LogP contribution in [0.15, 0.2) is 0 Å². The molecule has 0 radical (unpaired) electrons. The summed E-state index contributed by atoms with van der Waals surface area (Å²) in [5.74, 6) is 0.729. The molecule has 4 heteroatoms. The van der Waals surface area contributed by atoms with Gasteiger partial charge in [0.05, 0.1) is 7.11 Å². The second kappa shape index (κ2) is 3.54. The van der Waals surface area contributed by atoms with Gasteiger partial charge in [-0.1, -0.05) is 0 Å². The number of hydrogen-bond acceptors (Lipinski definition) is 2. The van der Waals surface area contributed by atoms with Crippen LogP contribution in [0.4, 0.5) is 4.79 Å². The number of nitrogens with zero attached hydrogens (tertiary/aromatic N) is 1. The highest BCUT2D eigenvalue weighted by Gasteiger charge is 2.36. The lowest BCUT2D eigenvalue weighted by Crippen LogP contribution is -2.53. The Morgan fingerprint density at radius 1 is 1.38 bits per heavy atom. The third kappa shape index (κ3) is 1.63. The molecule has 0 unspecified atom stereocenters. The van der Waals surface area contributed by atoms with Crippen molar-refractivity contribution in [3.05, 3.63) is 0 Å². The van der Waals surface area contributed by atoms with Gasteiger partial charge in [0.1, 0.15) is 0 Å². The Kier molecular flexibility index (Phi) is 2.40. The fourth-order valence-corrected chi connectivity index (χ4v) is 2.46. The van der Waals surface area contributed by atoms with E-state index < -0.39 is 0 Å². The maximum atomic E-state index is 11.5. The maximum Gasteiger partial charge on any atom is 0.341 e. The van der Waals surface area contributed by atoms with Crippen molar-refractivity contribution in [3.63, 3.8) is 0 Å². The molecule has 2 heterocycles. The molecule has 1 aliphatic carbocycles. The van der Waals surface area contributed by atoms with Gasteiger partial charge >= 0.3 is 6.03 Å². The Morgan fingerprint density at radius 2 is 2.08 bits per heavy atom. The van der Waals surface area contributed by atoms with E-state index in [4.69, 9.17) is 0 Å². The van der Waals surface area contributed by atoms with Gasteiger partial charge in [-0.05, 0) is 31.6 Å². The molecule has 4 nitrogen and oxygen atoms in total. The SMILES string of the molecule is CONC(=O)N1CC2CCC1CC2. The summed E-state index contributed by atoms with van der Waals surface area (Å²) in [7, 11) is 1.47. The largest absolute Gasteiger partial charge is 0.341 e. The molecular weight excluding hydrogens is 168 g/mol. The summed E-state index contributed by atoms with van der Waals surface area (Å²) in [5, 5.41) is 0. The van der Waals surface area contributed by atoms with Crippen molar-refractivity contribution in [2.45, 2.75) is 31.7 Å². The van der Waals surface area contributed by atoms with E-state index >= 15 is 0 Å². The monoisotopic (exact) mass is 184 g/mol. The molecule has 2 saturated heterocycles. The molecule has 0 aromatic rings. The Labute approximate surface area is 78.2 Å². The number of nitrogens with one attached hydrogen (secondary N) is 1. The highest BCUT2D eigenvalue weighted by atomic mass is 16.6. The van der Waals surface area contributed by atoms with Crippen molar-refractivity contribution in [2.24, 2.45) is 5.92 Å². The number of hydroxylamine groups is 1. The van der Waals surface area contributed by atoms with Crippen molar-refractivity contribution in [2.75, 3.05) is 13.7 Å². The summed E-state index contributed by atoms with van der Waals surface area (Å²) < 4.78 is 0. The van der Waals surface area contributed by atoms with Gasteiger partial charge in [0.2, 0.25) is 0 Å². The second-order valence-electron chi connectivity index (χ2n) is 3.94. The highest BCUT2D eigenvalue weighted by Crippen LogP contribution is 2.34. The third-order valence-electron chi connectivity index (χ3n) is 3.16. The van der Waals surface area contributed by atoms with E-state index in [1.807, 2.05) is 4.90 Å². The van der Waals surface area contributed by atoms with Crippen LogP contribution in [0.5, 0.6) is 0 Å². The quantitative estimate of drug-likeness (QED) is 0.621. The van der Waals surface area contributed by atoms with Gasteiger partial charge < -0.3 is 4.90 Å². The zero-order valence-corrected chi connectivity index (χ0v) is 7.95. The lowest BCUT2D eigenvalue weighted by Gasteiger charge is -2.44. The van der Waals surface area contributed by atoms with Crippen LogP contribution in [0.3, 0.4) is 0 Å². The van der Waals surface area contributed by atoms with Crippen molar-refractivity contribution in [1.82, 2.24) is 10.4 Å². The van der Waals surface area contributed by atoms with Crippen LogP contribution < -0.4 is 5.48 Å². The minimum absolute atomic E-state index is 0.0723. The molecular formula is C9H16N2O2. The van der Waals surface area contributed by atoms with Gasteiger partial charge in [-0.15, -0.1) is 0 Å². The predicted octanol–water partition coefficient (Wildman–Crippen LogP) is 1.13. The Bertz CT molecular complexity index is 200. The van der Waals surface area contributed by atoms with Crippen molar-refractivity contribution in [1.29, 1.82) is 0 Å². The highest BCUT2D eigenvalue weighted by molar-refractivity contribution is 5.73. The first-order valence-corrected chi connectivity index (χ1v) is 4.91. The van der Waals surface area contributed by atoms with Crippen LogP contribution in [-0.2, 0) is 4.84 Å². The average molecular weight is 184 g/mol. The molecule has 1 saturated carbocycles. The Morgan fingerprint density at radius 3 is 2.54 bits per heavy atom. The normalized spacial score (nSPS) is 31.9. The van der Waals surface area contributed by atoms with E-state index in [1.54, 1.807) is 0 Å². The van der Waals surface area contributed by atoms with E-state index in [1.165, 1.54) is 32.8 Å². The fourth-order valence-electron chi connectivity index (χ4n) is 2.46. The second-order valence-corrected chi connectivity index (χ2v) is 3.94. The van der Waals surface area contributed by atoms with Crippen LogP contribution in [0, 0.1) is 5.92 Å². The van der Waals surface area contributed by atoms with Gasteiger partial charge in [0.25, 0.3) is 0 Å². The summed E-state index contributed by atoms with van der Waals surface area (Å²) in [6.45, 7) is 0.917. The predicted molar refractivity (Wildman–Crippen MR) is 48.0 cm³/mol. The van der Waals surface area contributed by atoms with Crippen molar-refractivity contribution >= 4 is 6.03 Å². The molecule has 0 aromatic heterocycles. The Hall–Kier alpha value is -0.770. The third-order valence-corrected chi connectivity index (χ3v) is 3.16. The summed E-state index contributed by atoms with van der Waals surface area (Å²) in [5.41, 5.74) is 2.39. The van der Waals surface area contributed by atoms with Crippen molar-refractivity contribution < 1.29 is 9.63 Å². The van der Waals surface area contributed by atoms with Crippen molar-refractivity contribution in [3.8, 4) is 0 Å². The molecule has 0 aromatic carbocycles. The van der Waals surface area contributed by atoms with E-state index in [-0.39, 0.29) is 6.03 Å². The van der Waals surface area contributed by atoms with Gasteiger partial charge in [0.15, 0.2) is 0 Å². The molecule has 1 N–H and O–H groups in total.